The number of carbonyl (C=O) groups is 1. The van der Waals surface area contributed by atoms with Gasteiger partial charge in [-0.2, -0.15) is 0 Å². The summed E-state index contributed by atoms with van der Waals surface area (Å²) < 4.78 is 16.0. The normalized spacial score (nSPS) is 25.3. The molecule has 5 nitrogen and oxygen atoms in total. The van der Waals surface area contributed by atoms with Crippen LogP contribution >= 0.6 is 0 Å². The summed E-state index contributed by atoms with van der Waals surface area (Å²) in [4.78, 5) is 12.9. The van der Waals surface area contributed by atoms with Crippen molar-refractivity contribution in [2.24, 2.45) is 0 Å². The lowest BCUT2D eigenvalue weighted by Crippen LogP contribution is -2.51. The summed E-state index contributed by atoms with van der Waals surface area (Å²) in [7, 11) is 1.40. The van der Waals surface area contributed by atoms with Crippen LogP contribution in [-0.2, 0) is 14.2 Å². The van der Waals surface area contributed by atoms with E-state index in [-0.39, 0.29) is 6.09 Å². The molecule has 0 radical (unpaired) electrons. The van der Waals surface area contributed by atoms with Crippen LogP contribution in [0.4, 0.5) is 4.79 Å². The van der Waals surface area contributed by atoms with Crippen LogP contribution in [0.25, 0.3) is 0 Å². The van der Waals surface area contributed by atoms with Gasteiger partial charge in [0, 0.05) is 25.9 Å². The molecule has 2 rings (SSSR count). The summed E-state index contributed by atoms with van der Waals surface area (Å²) in [5.41, 5.74) is 0. The van der Waals surface area contributed by atoms with Crippen molar-refractivity contribution < 1.29 is 19.0 Å². The van der Waals surface area contributed by atoms with Crippen LogP contribution in [-0.4, -0.2) is 50.2 Å². The number of carbonyl (C=O) groups excluding carboxylic acids is 1. The van der Waals surface area contributed by atoms with Gasteiger partial charge >= 0.3 is 6.09 Å². The summed E-state index contributed by atoms with van der Waals surface area (Å²) in [6.45, 7) is 2.82. The van der Waals surface area contributed by atoms with Gasteiger partial charge in [-0.15, -0.1) is 0 Å². The van der Waals surface area contributed by atoms with Crippen molar-refractivity contribution in [3.63, 3.8) is 0 Å². The van der Waals surface area contributed by atoms with Crippen molar-refractivity contribution in [2.75, 3.05) is 33.4 Å². The summed E-state index contributed by atoms with van der Waals surface area (Å²) in [6.07, 6.45) is 2.17. The van der Waals surface area contributed by atoms with Crippen LogP contribution in [0.1, 0.15) is 19.3 Å². The maximum Gasteiger partial charge on any atom is 0.409 e. The number of amides is 1. The first-order valence-electron chi connectivity index (χ1n) is 5.37. The van der Waals surface area contributed by atoms with Crippen molar-refractivity contribution in [3.05, 3.63) is 0 Å². The van der Waals surface area contributed by atoms with Gasteiger partial charge < -0.3 is 19.1 Å². The lowest BCUT2D eigenvalue weighted by Gasteiger charge is -2.42. The zero-order valence-electron chi connectivity index (χ0n) is 9.03. The summed E-state index contributed by atoms with van der Waals surface area (Å²) in [6, 6.07) is 0. The predicted molar refractivity (Wildman–Crippen MR) is 52.5 cm³/mol. The Morgan fingerprint density at radius 3 is 2.40 bits per heavy atom. The second-order valence-corrected chi connectivity index (χ2v) is 3.92. The zero-order valence-corrected chi connectivity index (χ0v) is 9.03. The Bertz CT molecular complexity index is 228. The maximum absolute atomic E-state index is 11.3. The van der Waals surface area contributed by atoms with E-state index in [0.29, 0.717) is 13.1 Å². The minimum Gasteiger partial charge on any atom is -0.453 e. The third-order valence-electron chi connectivity index (χ3n) is 2.98. The average Bonchev–Trinajstić information content (AvgIpc) is 2.30. The molecule has 2 heterocycles. The molecule has 0 bridgehead atoms. The van der Waals surface area contributed by atoms with E-state index < -0.39 is 5.79 Å². The number of rotatable bonds is 0. The van der Waals surface area contributed by atoms with Crippen LogP contribution in [0.3, 0.4) is 0 Å². The Hall–Kier alpha value is -0.810. The van der Waals surface area contributed by atoms with Crippen molar-refractivity contribution >= 4 is 6.09 Å². The van der Waals surface area contributed by atoms with E-state index in [2.05, 4.69) is 4.74 Å². The van der Waals surface area contributed by atoms with Crippen LogP contribution < -0.4 is 0 Å². The van der Waals surface area contributed by atoms with Crippen molar-refractivity contribution in [2.45, 2.75) is 25.0 Å². The van der Waals surface area contributed by atoms with Gasteiger partial charge in [-0.1, -0.05) is 0 Å². The molecule has 5 heteroatoms. The van der Waals surface area contributed by atoms with Crippen LogP contribution in [0.2, 0.25) is 0 Å². The molecular formula is C10H17NO4. The van der Waals surface area contributed by atoms with Gasteiger partial charge in [-0.25, -0.2) is 4.79 Å². The first-order chi connectivity index (χ1) is 7.26. The van der Waals surface area contributed by atoms with Gasteiger partial charge in [0.1, 0.15) is 0 Å². The molecule has 1 amide bonds. The van der Waals surface area contributed by atoms with Crippen LogP contribution in [0, 0.1) is 0 Å². The molecule has 0 atom stereocenters. The minimum atomic E-state index is -0.428. The number of ether oxygens (including phenoxy) is 3. The SMILES string of the molecule is COC(=O)N1CCC2(CC1)OCCCO2. The minimum absolute atomic E-state index is 0.263. The van der Waals surface area contributed by atoms with E-state index >= 15 is 0 Å². The predicted octanol–water partition coefficient (Wildman–Crippen LogP) is 0.982. The quantitative estimate of drug-likeness (QED) is 0.604. The number of piperidine rings is 1. The first-order valence-corrected chi connectivity index (χ1v) is 5.37. The average molecular weight is 215 g/mol. The second-order valence-electron chi connectivity index (χ2n) is 3.92. The van der Waals surface area contributed by atoms with Gasteiger partial charge in [-0.3, -0.25) is 0 Å². The third-order valence-corrected chi connectivity index (χ3v) is 2.98. The largest absolute Gasteiger partial charge is 0.453 e. The first kappa shape index (κ1) is 10.7. The van der Waals surface area contributed by atoms with Gasteiger partial charge in [0.2, 0.25) is 0 Å². The highest BCUT2D eigenvalue weighted by atomic mass is 16.7. The number of likely N-dealkylation sites (tertiary alicyclic amines) is 1. The highest BCUT2D eigenvalue weighted by molar-refractivity contribution is 5.67. The maximum atomic E-state index is 11.3. The monoisotopic (exact) mass is 215 g/mol. The van der Waals surface area contributed by atoms with Gasteiger partial charge in [0.05, 0.1) is 20.3 Å². The number of methoxy groups -OCH3 is 1. The van der Waals surface area contributed by atoms with Gasteiger partial charge in [0.15, 0.2) is 5.79 Å². The Labute approximate surface area is 89.3 Å². The molecule has 1 spiro atoms. The molecule has 2 fully saturated rings. The molecule has 15 heavy (non-hydrogen) atoms. The Morgan fingerprint density at radius 2 is 1.87 bits per heavy atom. The Balaban J connectivity index is 1.88. The summed E-state index contributed by atoms with van der Waals surface area (Å²) in [5.74, 6) is -0.428. The smallest absolute Gasteiger partial charge is 0.409 e. The molecule has 0 unspecified atom stereocenters. The molecule has 0 aromatic rings. The molecule has 2 saturated heterocycles. The Morgan fingerprint density at radius 1 is 1.27 bits per heavy atom. The fourth-order valence-electron chi connectivity index (χ4n) is 2.06. The highest BCUT2D eigenvalue weighted by Gasteiger charge is 2.39. The molecule has 0 aromatic heterocycles. The zero-order chi connectivity index (χ0) is 10.7. The van der Waals surface area contributed by atoms with Crippen LogP contribution in [0.15, 0.2) is 0 Å². The number of hydrogen-bond acceptors (Lipinski definition) is 4. The van der Waals surface area contributed by atoms with E-state index in [0.717, 1.165) is 32.5 Å². The highest BCUT2D eigenvalue weighted by Crippen LogP contribution is 2.30. The third kappa shape index (κ3) is 2.23. The lowest BCUT2D eigenvalue weighted by atomic mass is 10.0. The second kappa shape index (κ2) is 4.37. The number of nitrogens with zero attached hydrogens (tertiary/aromatic N) is 1. The molecule has 0 N–H and O–H groups in total. The summed E-state index contributed by atoms with van der Waals surface area (Å²) >= 11 is 0. The van der Waals surface area contributed by atoms with E-state index in [1.807, 2.05) is 0 Å². The Kier molecular flexibility index (Phi) is 3.11. The van der Waals surface area contributed by atoms with Crippen molar-refractivity contribution in [1.82, 2.24) is 4.90 Å². The molecule has 86 valence electrons. The van der Waals surface area contributed by atoms with E-state index in [1.165, 1.54) is 7.11 Å². The summed E-state index contributed by atoms with van der Waals surface area (Å²) in [5, 5.41) is 0. The fraction of sp³-hybridized carbons (Fsp3) is 0.900. The van der Waals surface area contributed by atoms with Gasteiger partial charge in [0.25, 0.3) is 0 Å². The molecule has 0 aliphatic carbocycles. The van der Waals surface area contributed by atoms with Crippen molar-refractivity contribution in [1.29, 1.82) is 0 Å². The molecule has 2 aliphatic rings. The topological polar surface area (TPSA) is 48.0 Å². The van der Waals surface area contributed by atoms with Crippen molar-refractivity contribution in [3.8, 4) is 0 Å². The van der Waals surface area contributed by atoms with Crippen LogP contribution in [0.5, 0.6) is 0 Å². The van der Waals surface area contributed by atoms with E-state index in [9.17, 15) is 4.79 Å². The van der Waals surface area contributed by atoms with Gasteiger partial charge in [-0.05, 0) is 6.42 Å². The lowest BCUT2D eigenvalue weighted by molar-refractivity contribution is -0.282. The van der Waals surface area contributed by atoms with E-state index in [4.69, 9.17) is 9.47 Å². The molecule has 2 aliphatic heterocycles. The standard InChI is InChI=1S/C10H17NO4/c1-13-9(12)11-5-3-10(4-6-11)14-7-2-8-15-10/h2-8H2,1H3. The van der Waals surface area contributed by atoms with E-state index in [1.54, 1.807) is 4.90 Å². The number of hydrogen-bond donors (Lipinski definition) is 0. The molecule has 0 saturated carbocycles. The molecular weight excluding hydrogens is 198 g/mol. The fourth-order valence-corrected chi connectivity index (χ4v) is 2.06. The molecule has 0 aromatic carbocycles.